The molecule has 0 N–H and O–H groups in total. The quantitative estimate of drug-likeness (QED) is 0.684. The van der Waals surface area contributed by atoms with Crippen LogP contribution in [0.5, 0.6) is 0 Å². The summed E-state index contributed by atoms with van der Waals surface area (Å²) in [6.07, 6.45) is 2.49. The van der Waals surface area contributed by atoms with E-state index < -0.39 is 5.60 Å². The largest absolute Gasteiger partial charge is 0.451 e. The van der Waals surface area contributed by atoms with Crippen molar-refractivity contribution in [2.75, 3.05) is 44.3 Å². The van der Waals surface area contributed by atoms with E-state index in [0.29, 0.717) is 62.1 Å². The lowest BCUT2D eigenvalue weighted by Crippen LogP contribution is -2.39. The van der Waals surface area contributed by atoms with Crippen LogP contribution >= 0.6 is 11.6 Å². The minimum atomic E-state index is -0.531. The number of fused-ring (bicyclic) bond motifs is 1. The minimum Gasteiger partial charge on any atom is -0.451 e. The SMILES string of the molecule is CC(C)(C)OC(=O)N1CCC=C(c2cc3nc(Cl)nc(N4CCOCC4)c3o2)C1. The Bertz CT molecular complexity index is 944. The average Bonchev–Trinajstić information content (AvgIpc) is 3.11. The highest BCUT2D eigenvalue weighted by molar-refractivity contribution is 6.28. The maximum atomic E-state index is 12.5. The minimum absolute atomic E-state index is 0.180. The number of nitrogens with zero attached hydrogens (tertiary/aromatic N) is 4. The zero-order chi connectivity index (χ0) is 20.6. The molecule has 0 spiro atoms. The van der Waals surface area contributed by atoms with Gasteiger partial charge < -0.3 is 23.7 Å². The number of furan rings is 1. The van der Waals surface area contributed by atoms with Gasteiger partial charge in [0.25, 0.3) is 0 Å². The summed E-state index contributed by atoms with van der Waals surface area (Å²) in [5, 5.41) is 0.180. The number of amides is 1. The first-order valence-corrected chi connectivity index (χ1v) is 10.1. The Hall–Kier alpha value is -2.32. The molecule has 0 aromatic carbocycles. The summed E-state index contributed by atoms with van der Waals surface area (Å²) in [5.74, 6) is 1.34. The topological polar surface area (TPSA) is 80.9 Å². The van der Waals surface area contributed by atoms with Crippen molar-refractivity contribution in [3.05, 3.63) is 23.2 Å². The maximum absolute atomic E-state index is 12.5. The van der Waals surface area contributed by atoms with Crippen LogP contribution in [-0.2, 0) is 9.47 Å². The Labute approximate surface area is 174 Å². The molecule has 0 saturated carbocycles. The van der Waals surface area contributed by atoms with E-state index in [0.717, 1.165) is 12.0 Å². The lowest BCUT2D eigenvalue weighted by molar-refractivity contribution is 0.0272. The Morgan fingerprint density at radius 1 is 1.21 bits per heavy atom. The van der Waals surface area contributed by atoms with E-state index in [1.807, 2.05) is 26.8 Å². The number of aromatic nitrogens is 2. The van der Waals surface area contributed by atoms with Crippen molar-refractivity contribution in [1.82, 2.24) is 14.9 Å². The molecule has 4 rings (SSSR count). The predicted octanol–water partition coefficient (Wildman–Crippen LogP) is 3.74. The molecule has 2 aromatic heterocycles. The van der Waals surface area contributed by atoms with Crippen LogP contribution in [0.15, 0.2) is 16.6 Å². The smallest absolute Gasteiger partial charge is 0.410 e. The number of anilines is 1. The molecule has 0 bridgehead atoms. The monoisotopic (exact) mass is 420 g/mol. The Morgan fingerprint density at radius 2 is 1.97 bits per heavy atom. The standard InChI is InChI=1S/C20H25ClN4O4/c1-20(2,3)29-19(26)25-6-4-5-13(12-25)15-11-14-16(28-15)17(23-18(21)22-14)24-7-9-27-10-8-24/h5,11H,4,6-10,12H2,1-3H3. The number of rotatable bonds is 2. The molecule has 8 nitrogen and oxygen atoms in total. The lowest BCUT2D eigenvalue weighted by Gasteiger charge is -2.29. The van der Waals surface area contributed by atoms with E-state index in [4.69, 9.17) is 25.5 Å². The van der Waals surface area contributed by atoms with Crippen LogP contribution in [0.3, 0.4) is 0 Å². The van der Waals surface area contributed by atoms with Crippen molar-refractivity contribution in [2.24, 2.45) is 0 Å². The third-order valence-corrected chi connectivity index (χ3v) is 4.93. The van der Waals surface area contributed by atoms with Crippen LogP contribution in [0.1, 0.15) is 33.0 Å². The van der Waals surface area contributed by atoms with Crippen LogP contribution in [0.2, 0.25) is 5.28 Å². The second-order valence-corrected chi connectivity index (χ2v) is 8.50. The molecule has 0 radical (unpaired) electrons. The van der Waals surface area contributed by atoms with Crippen molar-refractivity contribution >= 4 is 40.2 Å². The molecular weight excluding hydrogens is 396 g/mol. The van der Waals surface area contributed by atoms with Gasteiger partial charge in [0.1, 0.15) is 16.9 Å². The van der Waals surface area contributed by atoms with Gasteiger partial charge in [0.05, 0.1) is 19.8 Å². The van der Waals surface area contributed by atoms with Gasteiger partial charge in [-0.05, 0) is 38.8 Å². The summed E-state index contributed by atoms with van der Waals surface area (Å²) in [5.41, 5.74) is 1.64. The molecule has 9 heteroatoms. The molecule has 0 unspecified atom stereocenters. The number of morpholine rings is 1. The summed E-state index contributed by atoms with van der Waals surface area (Å²) < 4.78 is 17.1. The molecule has 29 heavy (non-hydrogen) atoms. The first-order valence-electron chi connectivity index (χ1n) is 9.77. The Balaban J connectivity index is 1.61. The van der Waals surface area contributed by atoms with Crippen molar-refractivity contribution in [1.29, 1.82) is 0 Å². The van der Waals surface area contributed by atoms with Gasteiger partial charge in [0, 0.05) is 31.3 Å². The Kier molecular flexibility index (Phi) is 5.40. The maximum Gasteiger partial charge on any atom is 0.410 e. The van der Waals surface area contributed by atoms with E-state index in [2.05, 4.69) is 20.9 Å². The van der Waals surface area contributed by atoms with Crippen molar-refractivity contribution in [2.45, 2.75) is 32.8 Å². The summed E-state index contributed by atoms with van der Waals surface area (Å²) in [7, 11) is 0. The lowest BCUT2D eigenvalue weighted by atomic mass is 10.1. The van der Waals surface area contributed by atoms with Crippen molar-refractivity contribution in [3.63, 3.8) is 0 Å². The van der Waals surface area contributed by atoms with Gasteiger partial charge in [-0.1, -0.05) is 6.08 Å². The van der Waals surface area contributed by atoms with E-state index in [1.54, 1.807) is 4.90 Å². The van der Waals surface area contributed by atoms with Gasteiger partial charge in [0.2, 0.25) is 5.28 Å². The molecule has 2 aliphatic heterocycles. The molecule has 1 amide bonds. The van der Waals surface area contributed by atoms with Gasteiger partial charge in [0.15, 0.2) is 11.4 Å². The van der Waals surface area contributed by atoms with Gasteiger partial charge in [-0.25, -0.2) is 9.78 Å². The summed E-state index contributed by atoms with van der Waals surface area (Å²) in [6.45, 7) is 9.31. The fourth-order valence-corrected chi connectivity index (χ4v) is 3.61. The number of carbonyl (C=O) groups excluding carboxylic acids is 1. The molecule has 0 atom stereocenters. The van der Waals surface area contributed by atoms with Crippen LogP contribution in [0.25, 0.3) is 16.7 Å². The zero-order valence-electron chi connectivity index (χ0n) is 16.9. The van der Waals surface area contributed by atoms with E-state index in [9.17, 15) is 4.79 Å². The number of ether oxygens (including phenoxy) is 2. The normalized spacial score (nSPS) is 18.1. The second-order valence-electron chi connectivity index (χ2n) is 8.16. The molecule has 156 valence electrons. The molecule has 4 heterocycles. The highest BCUT2D eigenvalue weighted by Crippen LogP contribution is 2.33. The highest BCUT2D eigenvalue weighted by atomic mass is 35.5. The molecule has 2 aromatic rings. The molecular formula is C20H25ClN4O4. The third kappa shape index (κ3) is 4.48. The predicted molar refractivity (Wildman–Crippen MR) is 110 cm³/mol. The fourth-order valence-electron chi connectivity index (χ4n) is 3.44. The summed E-state index contributed by atoms with van der Waals surface area (Å²) in [6, 6.07) is 1.86. The molecule has 1 fully saturated rings. The van der Waals surface area contributed by atoms with E-state index in [1.165, 1.54) is 0 Å². The van der Waals surface area contributed by atoms with Crippen LogP contribution in [0.4, 0.5) is 10.6 Å². The van der Waals surface area contributed by atoms with Crippen LogP contribution in [0, 0.1) is 0 Å². The van der Waals surface area contributed by atoms with Gasteiger partial charge in [-0.15, -0.1) is 0 Å². The Morgan fingerprint density at radius 3 is 2.69 bits per heavy atom. The second kappa shape index (κ2) is 7.84. The van der Waals surface area contributed by atoms with E-state index in [-0.39, 0.29) is 11.4 Å². The first kappa shape index (κ1) is 20.0. The van der Waals surface area contributed by atoms with Crippen molar-refractivity contribution < 1.29 is 18.7 Å². The molecule has 0 aliphatic carbocycles. The average molecular weight is 421 g/mol. The number of halogens is 1. The number of hydrogen-bond donors (Lipinski definition) is 0. The van der Waals surface area contributed by atoms with E-state index >= 15 is 0 Å². The third-order valence-electron chi connectivity index (χ3n) is 4.76. The summed E-state index contributed by atoms with van der Waals surface area (Å²) >= 11 is 6.16. The molecule has 2 aliphatic rings. The van der Waals surface area contributed by atoms with Gasteiger partial charge >= 0.3 is 6.09 Å². The number of hydrogen-bond acceptors (Lipinski definition) is 7. The van der Waals surface area contributed by atoms with Crippen LogP contribution in [-0.4, -0.2) is 66.0 Å². The van der Waals surface area contributed by atoms with Gasteiger partial charge in [-0.3, -0.25) is 0 Å². The summed E-state index contributed by atoms with van der Waals surface area (Å²) in [4.78, 5) is 25.0. The highest BCUT2D eigenvalue weighted by Gasteiger charge is 2.27. The van der Waals surface area contributed by atoms with Crippen molar-refractivity contribution in [3.8, 4) is 0 Å². The van der Waals surface area contributed by atoms with Crippen LogP contribution < -0.4 is 4.90 Å². The number of carbonyl (C=O) groups is 1. The van der Waals surface area contributed by atoms with Gasteiger partial charge in [-0.2, -0.15) is 4.98 Å². The first-order chi connectivity index (χ1) is 13.8. The molecule has 1 saturated heterocycles. The fraction of sp³-hybridized carbons (Fsp3) is 0.550. The zero-order valence-corrected chi connectivity index (χ0v) is 17.7.